The van der Waals surface area contributed by atoms with E-state index in [-0.39, 0.29) is 17.2 Å². The van der Waals surface area contributed by atoms with Gasteiger partial charge in [-0.3, -0.25) is 4.79 Å². The number of carbonyl (C=O) groups excluding carboxylic acids is 1. The van der Waals surface area contributed by atoms with Crippen LogP contribution < -0.4 is 0 Å². The number of diazo groups is 1. The van der Waals surface area contributed by atoms with Crippen molar-refractivity contribution < 1.29 is 9.90 Å². The predicted molar refractivity (Wildman–Crippen MR) is 42.8 cm³/mol. The van der Waals surface area contributed by atoms with E-state index < -0.39 is 5.41 Å². The summed E-state index contributed by atoms with van der Waals surface area (Å²) >= 11 is 0. The molecule has 0 saturated carbocycles. The molecule has 0 atom stereocenters. The summed E-state index contributed by atoms with van der Waals surface area (Å²) in [6, 6.07) is 0. The van der Waals surface area contributed by atoms with Gasteiger partial charge in [0.05, 0.1) is 0 Å². The third kappa shape index (κ3) is 1.18. The second kappa shape index (κ2) is 2.59. The maximum absolute atomic E-state index is 11.1. The molecule has 0 saturated heterocycles. The Kier molecular flexibility index (Phi) is 1.89. The maximum atomic E-state index is 11.1. The van der Waals surface area contributed by atoms with Gasteiger partial charge in [-0.15, -0.1) is 0 Å². The minimum atomic E-state index is -0.449. The summed E-state index contributed by atoms with van der Waals surface area (Å²) in [5.41, 5.74) is -0.638. The molecule has 1 N–H and O–H groups in total. The van der Waals surface area contributed by atoms with Crippen molar-refractivity contribution in [2.45, 2.75) is 26.7 Å². The smallest absolute Gasteiger partial charge is 0.464 e. The predicted octanol–water partition coefficient (Wildman–Crippen LogP) is 2.00. The molecule has 0 bridgehead atoms. The average Bonchev–Trinajstić information content (AvgIpc) is 2.00. The van der Waals surface area contributed by atoms with E-state index in [4.69, 9.17) is 5.39 Å². The fraction of sp³-hybridized carbons (Fsp3) is 0.625. The molecule has 0 aromatic carbocycles. The van der Waals surface area contributed by atoms with Gasteiger partial charge in [0.25, 0.3) is 5.78 Å². The van der Waals surface area contributed by atoms with Gasteiger partial charge in [-0.05, 0) is 6.42 Å². The molecule has 1 rings (SSSR count). The highest BCUT2D eigenvalue weighted by molar-refractivity contribution is 5.98. The van der Waals surface area contributed by atoms with Gasteiger partial charge < -0.3 is 5.11 Å². The molecule has 0 aromatic rings. The molecule has 0 fully saturated rings. The fourth-order valence-corrected chi connectivity index (χ4v) is 1.22. The first-order valence-electron chi connectivity index (χ1n) is 3.81. The molecule has 4 heteroatoms. The highest BCUT2D eigenvalue weighted by Crippen LogP contribution is 2.37. The third-order valence-electron chi connectivity index (χ3n) is 2.21. The largest absolute Gasteiger partial charge is 0.504 e. The number of nitrogens with zero attached hydrogens (tertiary/aromatic N) is 2. The summed E-state index contributed by atoms with van der Waals surface area (Å²) in [5.74, 6) is -0.407. The SMILES string of the molecule is CC1(C)CCC(=O)C([N+]#N)=C1O. The lowest BCUT2D eigenvalue weighted by atomic mass is 9.79. The quantitative estimate of drug-likeness (QED) is 0.561. The van der Waals surface area contributed by atoms with Gasteiger partial charge in [0.15, 0.2) is 10.7 Å². The maximum Gasteiger partial charge on any atom is 0.464 e. The van der Waals surface area contributed by atoms with E-state index in [1.54, 1.807) is 13.8 Å². The molecule has 1 aliphatic carbocycles. The van der Waals surface area contributed by atoms with Crippen LogP contribution in [0.1, 0.15) is 26.7 Å². The number of carbonyl (C=O) groups is 1. The number of hydrogen-bond donors (Lipinski definition) is 1. The Morgan fingerprint density at radius 2 is 2.17 bits per heavy atom. The second-order valence-electron chi connectivity index (χ2n) is 3.60. The molecule has 0 unspecified atom stereocenters. The van der Waals surface area contributed by atoms with Crippen LogP contribution in [0.25, 0.3) is 4.98 Å². The van der Waals surface area contributed by atoms with Crippen molar-refractivity contribution in [3.8, 4) is 0 Å². The zero-order valence-corrected chi connectivity index (χ0v) is 7.16. The highest BCUT2D eigenvalue weighted by atomic mass is 16.3. The summed E-state index contributed by atoms with van der Waals surface area (Å²) in [7, 11) is 0. The van der Waals surface area contributed by atoms with Crippen molar-refractivity contribution in [1.82, 2.24) is 0 Å². The van der Waals surface area contributed by atoms with Crippen LogP contribution >= 0.6 is 0 Å². The van der Waals surface area contributed by atoms with Crippen LogP contribution in [0, 0.1) is 10.8 Å². The van der Waals surface area contributed by atoms with E-state index in [2.05, 4.69) is 4.98 Å². The van der Waals surface area contributed by atoms with Crippen LogP contribution in [-0.2, 0) is 4.79 Å². The Morgan fingerprint density at radius 1 is 1.58 bits per heavy atom. The van der Waals surface area contributed by atoms with E-state index in [1.807, 2.05) is 0 Å². The first-order valence-corrected chi connectivity index (χ1v) is 3.81. The second-order valence-corrected chi connectivity index (χ2v) is 3.60. The third-order valence-corrected chi connectivity index (χ3v) is 2.21. The summed E-state index contributed by atoms with van der Waals surface area (Å²) in [6.45, 7) is 3.61. The summed E-state index contributed by atoms with van der Waals surface area (Å²) in [4.78, 5) is 13.8. The Balaban J connectivity index is 3.19. The molecule has 0 aliphatic heterocycles. The molecular formula is C8H11N2O2+. The standard InChI is InChI=1S/C8H10N2O2/c1-8(2)4-3-5(11)6(10-9)7(8)12/h3-4H2,1-2H3/p+1. The molecule has 0 radical (unpaired) electrons. The van der Waals surface area contributed by atoms with Crippen LogP contribution in [0.5, 0.6) is 0 Å². The summed E-state index contributed by atoms with van der Waals surface area (Å²) in [6.07, 6.45) is 0.924. The minimum Gasteiger partial charge on any atom is -0.504 e. The molecule has 0 heterocycles. The van der Waals surface area contributed by atoms with Crippen LogP contribution in [-0.4, -0.2) is 10.9 Å². The van der Waals surface area contributed by atoms with E-state index in [0.29, 0.717) is 12.8 Å². The first kappa shape index (κ1) is 8.72. The highest BCUT2D eigenvalue weighted by Gasteiger charge is 2.42. The van der Waals surface area contributed by atoms with Gasteiger partial charge in [-0.1, -0.05) is 13.8 Å². The van der Waals surface area contributed by atoms with Gasteiger partial charge in [0, 0.05) is 11.8 Å². The van der Waals surface area contributed by atoms with Gasteiger partial charge >= 0.3 is 5.70 Å². The Bertz CT molecular complexity index is 297. The topological polar surface area (TPSA) is 65.5 Å². The van der Waals surface area contributed by atoms with E-state index in [1.165, 1.54) is 0 Å². The van der Waals surface area contributed by atoms with Gasteiger partial charge in [-0.25, -0.2) is 0 Å². The van der Waals surface area contributed by atoms with Crippen LogP contribution in [0.3, 0.4) is 0 Å². The number of aliphatic hydroxyl groups excluding tert-OH is 1. The minimum absolute atomic E-state index is 0.110. The number of ketones is 1. The summed E-state index contributed by atoms with van der Waals surface area (Å²) in [5, 5.41) is 17.9. The lowest BCUT2D eigenvalue weighted by molar-refractivity contribution is -0.116. The molecular weight excluding hydrogens is 156 g/mol. The van der Waals surface area contributed by atoms with Gasteiger partial charge in [0.2, 0.25) is 5.39 Å². The van der Waals surface area contributed by atoms with Crippen LogP contribution in [0.15, 0.2) is 11.5 Å². The normalized spacial score (nSPS) is 22.2. The molecule has 1 aliphatic rings. The Labute approximate surface area is 70.5 Å². The number of allylic oxidation sites excluding steroid dienone is 2. The number of aliphatic hydroxyl groups is 1. The summed E-state index contributed by atoms with van der Waals surface area (Å²) < 4.78 is 0. The van der Waals surface area contributed by atoms with Crippen molar-refractivity contribution in [3.05, 3.63) is 16.4 Å². The lowest BCUT2D eigenvalue weighted by Gasteiger charge is -2.23. The molecule has 64 valence electrons. The fourth-order valence-electron chi connectivity index (χ4n) is 1.22. The Hall–Kier alpha value is -1.37. The van der Waals surface area contributed by atoms with E-state index >= 15 is 0 Å². The van der Waals surface area contributed by atoms with Crippen LogP contribution in [0.4, 0.5) is 0 Å². The van der Waals surface area contributed by atoms with E-state index in [9.17, 15) is 9.90 Å². The molecule has 12 heavy (non-hydrogen) atoms. The number of Topliss-reactive ketones (excluding diaryl/α,β-unsaturated/α-hetero) is 1. The molecule has 0 spiro atoms. The molecule has 4 nitrogen and oxygen atoms in total. The van der Waals surface area contributed by atoms with Crippen molar-refractivity contribution >= 4 is 5.78 Å². The van der Waals surface area contributed by atoms with Gasteiger partial charge in [-0.2, -0.15) is 0 Å². The van der Waals surface area contributed by atoms with Crippen molar-refractivity contribution in [2.24, 2.45) is 5.41 Å². The number of hydrogen-bond acceptors (Lipinski definition) is 3. The van der Waals surface area contributed by atoms with Crippen molar-refractivity contribution in [3.63, 3.8) is 0 Å². The monoisotopic (exact) mass is 167 g/mol. The molecule has 0 amide bonds. The number of rotatable bonds is 0. The zero-order valence-electron chi connectivity index (χ0n) is 7.16. The Morgan fingerprint density at radius 3 is 2.58 bits per heavy atom. The van der Waals surface area contributed by atoms with Gasteiger partial charge in [0.1, 0.15) is 0 Å². The van der Waals surface area contributed by atoms with Crippen molar-refractivity contribution in [1.29, 1.82) is 5.39 Å². The van der Waals surface area contributed by atoms with E-state index in [0.717, 1.165) is 0 Å². The molecule has 0 aromatic heterocycles. The van der Waals surface area contributed by atoms with Crippen molar-refractivity contribution in [2.75, 3.05) is 0 Å². The zero-order chi connectivity index (χ0) is 9.35. The average molecular weight is 167 g/mol. The lowest BCUT2D eigenvalue weighted by Crippen LogP contribution is -2.24. The van der Waals surface area contributed by atoms with Crippen LogP contribution in [0.2, 0.25) is 0 Å². The first-order chi connectivity index (χ1) is 5.49.